The largest absolute Gasteiger partial charge is 0.494 e. The van der Waals surface area contributed by atoms with Crippen molar-refractivity contribution in [3.8, 4) is 11.5 Å². The molecule has 4 nitrogen and oxygen atoms in total. The van der Waals surface area contributed by atoms with Crippen molar-refractivity contribution >= 4 is 0 Å². The Hall–Kier alpha value is -1.26. The van der Waals surface area contributed by atoms with Gasteiger partial charge in [-0.25, -0.2) is 0 Å². The zero-order valence-corrected chi connectivity index (χ0v) is 11.2. The number of hydrogen-bond donors (Lipinski definition) is 2. The molecule has 18 heavy (non-hydrogen) atoms. The van der Waals surface area contributed by atoms with E-state index in [9.17, 15) is 0 Å². The summed E-state index contributed by atoms with van der Waals surface area (Å²) in [5.74, 6) is 1.67. The van der Waals surface area contributed by atoms with E-state index in [0.29, 0.717) is 13.2 Å². The SMILES string of the molecule is CCOc1ccc(OCCCC(C)(N)CO)cc1. The molecule has 0 saturated heterocycles. The van der Waals surface area contributed by atoms with Crippen molar-refractivity contribution in [1.29, 1.82) is 0 Å². The zero-order valence-electron chi connectivity index (χ0n) is 11.2. The van der Waals surface area contributed by atoms with E-state index < -0.39 is 5.54 Å². The lowest BCUT2D eigenvalue weighted by Gasteiger charge is -2.21. The Balaban J connectivity index is 2.27. The molecule has 0 spiro atoms. The molecule has 0 saturated carbocycles. The highest BCUT2D eigenvalue weighted by molar-refractivity contribution is 5.31. The second-order valence-corrected chi connectivity index (χ2v) is 4.67. The average Bonchev–Trinajstić information content (AvgIpc) is 2.37. The van der Waals surface area contributed by atoms with Gasteiger partial charge in [-0.2, -0.15) is 0 Å². The van der Waals surface area contributed by atoms with E-state index in [1.807, 2.05) is 38.1 Å². The summed E-state index contributed by atoms with van der Waals surface area (Å²) in [4.78, 5) is 0. The first-order valence-corrected chi connectivity index (χ1v) is 6.33. The molecular formula is C14H23NO3. The number of aliphatic hydroxyl groups excluding tert-OH is 1. The molecule has 0 aliphatic rings. The van der Waals surface area contributed by atoms with Crippen LogP contribution in [0, 0.1) is 0 Å². The topological polar surface area (TPSA) is 64.7 Å². The molecule has 1 aromatic carbocycles. The fraction of sp³-hybridized carbons (Fsp3) is 0.571. The van der Waals surface area contributed by atoms with Crippen LogP contribution in [-0.2, 0) is 0 Å². The molecule has 0 heterocycles. The van der Waals surface area contributed by atoms with Crippen LogP contribution in [0.25, 0.3) is 0 Å². The fourth-order valence-corrected chi connectivity index (χ4v) is 1.54. The van der Waals surface area contributed by atoms with Crippen LogP contribution in [-0.4, -0.2) is 30.5 Å². The molecule has 0 aromatic heterocycles. The zero-order chi connectivity index (χ0) is 13.4. The maximum atomic E-state index is 9.01. The predicted molar refractivity (Wildman–Crippen MR) is 72.0 cm³/mol. The van der Waals surface area contributed by atoms with Crippen molar-refractivity contribution in [2.75, 3.05) is 19.8 Å². The highest BCUT2D eigenvalue weighted by Crippen LogP contribution is 2.18. The number of aliphatic hydroxyl groups is 1. The van der Waals surface area contributed by atoms with Gasteiger partial charge in [0.25, 0.3) is 0 Å². The van der Waals surface area contributed by atoms with Crippen LogP contribution in [0.1, 0.15) is 26.7 Å². The molecule has 1 unspecified atom stereocenters. The summed E-state index contributed by atoms with van der Waals surface area (Å²) in [7, 11) is 0. The fourth-order valence-electron chi connectivity index (χ4n) is 1.54. The first kappa shape index (κ1) is 14.8. The minimum Gasteiger partial charge on any atom is -0.494 e. The maximum Gasteiger partial charge on any atom is 0.119 e. The third-order valence-electron chi connectivity index (χ3n) is 2.66. The first-order valence-electron chi connectivity index (χ1n) is 6.33. The van der Waals surface area contributed by atoms with Gasteiger partial charge in [-0.1, -0.05) is 0 Å². The van der Waals surface area contributed by atoms with Crippen molar-refractivity contribution in [2.45, 2.75) is 32.2 Å². The Morgan fingerprint density at radius 2 is 1.72 bits per heavy atom. The molecule has 1 atom stereocenters. The molecule has 0 amide bonds. The van der Waals surface area contributed by atoms with Gasteiger partial charge >= 0.3 is 0 Å². The van der Waals surface area contributed by atoms with Crippen molar-refractivity contribution in [3.63, 3.8) is 0 Å². The monoisotopic (exact) mass is 253 g/mol. The van der Waals surface area contributed by atoms with Crippen LogP contribution < -0.4 is 15.2 Å². The first-order chi connectivity index (χ1) is 8.57. The molecule has 0 aliphatic heterocycles. The highest BCUT2D eigenvalue weighted by Gasteiger charge is 2.15. The minimum absolute atomic E-state index is 0.00392. The van der Waals surface area contributed by atoms with Gasteiger partial charge in [-0.05, 0) is 51.0 Å². The molecule has 4 heteroatoms. The molecule has 1 rings (SSSR count). The summed E-state index contributed by atoms with van der Waals surface area (Å²) in [6.07, 6.45) is 1.56. The average molecular weight is 253 g/mol. The summed E-state index contributed by atoms with van der Waals surface area (Å²) in [5, 5.41) is 9.01. The standard InChI is InChI=1S/C14H23NO3/c1-3-17-12-5-7-13(8-6-12)18-10-4-9-14(2,15)11-16/h5-8,16H,3-4,9-11,15H2,1-2H3. The minimum atomic E-state index is -0.512. The Bertz CT molecular complexity index is 335. The molecule has 0 aliphatic carbocycles. The third kappa shape index (κ3) is 5.38. The van der Waals surface area contributed by atoms with Crippen molar-refractivity contribution in [3.05, 3.63) is 24.3 Å². The number of benzene rings is 1. The van der Waals surface area contributed by atoms with Gasteiger partial charge < -0.3 is 20.3 Å². The maximum absolute atomic E-state index is 9.01. The van der Waals surface area contributed by atoms with E-state index in [2.05, 4.69) is 0 Å². The van der Waals surface area contributed by atoms with Crippen LogP contribution in [0.15, 0.2) is 24.3 Å². The summed E-state index contributed by atoms with van der Waals surface area (Å²) >= 11 is 0. The Morgan fingerprint density at radius 1 is 1.17 bits per heavy atom. The smallest absolute Gasteiger partial charge is 0.119 e. The van der Waals surface area contributed by atoms with Gasteiger partial charge in [0.15, 0.2) is 0 Å². The molecule has 3 N–H and O–H groups in total. The lowest BCUT2D eigenvalue weighted by molar-refractivity contribution is 0.188. The Labute approximate surface area is 109 Å². The van der Waals surface area contributed by atoms with E-state index in [1.165, 1.54) is 0 Å². The van der Waals surface area contributed by atoms with Crippen LogP contribution in [0.2, 0.25) is 0 Å². The van der Waals surface area contributed by atoms with Crippen LogP contribution in [0.3, 0.4) is 0 Å². The highest BCUT2D eigenvalue weighted by atomic mass is 16.5. The lowest BCUT2D eigenvalue weighted by atomic mass is 9.99. The van der Waals surface area contributed by atoms with E-state index in [1.54, 1.807) is 0 Å². The number of rotatable bonds is 8. The molecule has 0 fully saturated rings. The van der Waals surface area contributed by atoms with Gasteiger partial charge in [-0.15, -0.1) is 0 Å². The summed E-state index contributed by atoms with van der Waals surface area (Å²) in [5.41, 5.74) is 5.31. The molecule has 0 radical (unpaired) electrons. The van der Waals surface area contributed by atoms with E-state index >= 15 is 0 Å². The van der Waals surface area contributed by atoms with Gasteiger partial charge in [-0.3, -0.25) is 0 Å². The lowest BCUT2D eigenvalue weighted by Crippen LogP contribution is -2.40. The predicted octanol–water partition coefficient (Wildman–Crippen LogP) is 1.95. The second kappa shape index (κ2) is 7.24. The number of nitrogens with two attached hydrogens (primary N) is 1. The van der Waals surface area contributed by atoms with Gasteiger partial charge in [0, 0.05) is 5.54 Å². The summed E-state index contributed by atoms with van der Waals surface area (Å²) in [6, 6.07) is 7.55. The van der Waals surface area contributed by atoms with Gasteiger partial charge in [0.2, 0.25) is 0 Å². The Morgan fingerprint density at radius 3 is 2.22 bits per heavy atom. The number of hydrogen-bond acceptors (Lipinski definition) is 4. The van der Waals surface area contributed by atoms with Gasteiger partial charge in [0.1, 0.15) is 11.5 Å². The molecule has 102 valence electrons. The quantitative estimate of drug-likeness (QED) is 0.695. The van der Waals surface area contributed by atoms with E-state index in [4.69, 9.17) is 20.3 Å². The summed E-state index contributed by atoms with van der Waals surface area (Å²) in [6.45, 7) is 5.05. The van der Waals surface area contributed by atoms with Crippen molar-refractivity contribution in [2.24, 2.45) is 5.73 Å². The van der Waals surface area contributed by atoms with Crippen LogP contribution in [0.4, 0.5) is 0 Å². The van der Waals surface area contributed by atoms with Crippen LogP contribution >= 0.6 is 0 Å². The Kier molecular flexibility index (Phi) is 5.95. The number of ether oxygens (including phenoxy) is 2. The van der Waals surface area contributed by atoms with Gasteiger partial charge in [0.05, 0.1) is 19.8 Å². The van der Waals surface area contributed by atoms with Crippen molar-refractivity contribution in [1.82, 2.24) is 0 Å². The second-order valence-electron chi connectivity index (χ2n) is 4.67. The molecular weight excluding hydrogens is 230 g/mol. The molecule has 1 aromatic rings. The van der Waals surface area contributed by atoms with E-state index in [0.717, 1.165) is 24.3 Å². The van der Waals surface area contributed by atoms with Crippen molar-refractivity contribution < 1.29 is 14.6 Å². The third-order valence-corrected chi connectivity index (χ3v) is 2.66. The summed E-state index contributed by atoms with van der Waals surface area (Å²) < 4.78 is 10.9. The van der Waals surface area contributed by atoms with Crippen LogP contribution in [0.5, 0.6) is 11.5 Å². The normalized spacial score (nSPS) is 14.0. The molecule has 0 bridgehead atoms. The van der Waals surface area contributed by atoms with E-state index in [-0.39, 0.29) is 6.61 Å².